The number of hydrogen-bond donors (Lipinski definition) is 1. The molecule has 0 saturated carbocycles. The maximum absolute atomic E-state index is 12.1. The molecule has 1 N–H and O–H groups in total. The van der Waals surface area contributed by atoms with Crippen LogP contribution in [-0.2, 0) is 4.79 Å². The van der Waals surface area contributed by atoms with E-state index in [4.69, 9.17) is 4.52 Å². The lowest BCUT2D eigenvalue weighted by Crippen LogP contribution is -2.32. The van der Waals surface area contributed by atoms with Gasteiger partial charge in [-0.15, -0.1) is 0 Å². The highest BCUT2D eigenvalue weighted by Gasteiger charge is 2.24. The predicted molar refractivity (Wildman–Crippen MR) is 84.8 cm³/mol. The molecule has 1 aromatic carbocycles. The fourth-order valence-electron chi connectivity index (χ4n) is 2.19. The van der Waals surface area contributed by atoms with Crippen LogP contribution in [0.25, 0.3) is 0 Å². The first-order valence-corrected chi connectivity index (χ1v) is 7.65. The number of rotatable bonds is 7. The van der Waals surface area contributed by atoms with Gasteiger partial charge >= 0.3 is 0 Å². The van der Waals surface area contributed by atoms with E-state index in [1.165, 1.54) is 0 Å². The maximum Gasteiger partial charge on any atom is 0.249 e. The molecule has 6 nitrogen and oxygen atoms in total. The summed E-state index contributed by atoms with van der Waals surface area (Å²) in [5.41, 5.74) is 0.619. The van der Waals surface area contributed by atoms with Crippen LogP contribution in [-0.4, -0.2) is 21.8 Å². The molecule has 1 atom stereocenters. The van der Waals surface area contributed by atoms with Crippen LogP contribution in [0.15, 0.2) is 34.9 Å². The first kappa shape index (κ1) is 16.9. The Kier molecular flexibility index (Phi) is 5.62. The van der Waals surface area contributed by atoms with Crippen molar-refractivity contribution in [3.05, 3.63) is 47.6 Å². The Morgan fingerprint density at radius 2 is 1.87 bits per heavy atom. The summed E-state index contributed by atoms with van der Waals surface area (Å²) < 4.78 is 5.14. The second kappa shape index (κ2) is 7.67. The number of aryl methyl sites for hydroxylation is 1. The van der Waals surface area contributed by atoms with E-state index in [1.54, 1.807) is 31.2 Å². The van der Waals surface area contributed by atoms with Gasteiger partial charge in [0.15, 0.2) is 11.6 Å². The molecule has 2 rings (SSSR count). The first-order valence-electron chi connectivity index (χ1n) is 7.65. The Labute approximate surface area is 135 Å². The van der Waals surface area contributed by atoms with Crippen molar-refractivity contribution in [2.24, 2.45) is 5.92 Å². The Balaban J connectivity index is 1.91. The highest BCUT2D eigenvalue weighted by atomic mass is 16.5. The van der Waals surface area contributed by atoms with E-state index in [9.17, 15) is 9.59 Å². The molecular formula is C17H21N3O3. The lowest BCUT2D eigenvalue weighted by atomic mass is 10.0. The summed E-state index contributed by atoms with van der Waals surface area (Å²) in [6.07, 6.45) is 0.299. The van der Waals surface area contributed by atoms with Gasteiger partial charge in [0, 0.05) is 18.4 Å². The van der Waals surface area contributed by atoms with Crippen LogP contribution >= 0.6 is 0 Å². The van der Waals surface area contributed by atoms with Gasteiger partial charge in [-0.1, -0.05) is 49.3 Å². The van der Waals surface area contributed by atoms with E-state index in [1.807, 2.05) is 19.9 Å². The van der Waals surface area contributed by atoms with Crippen molar-refractivity contribution in [3.63, 3.8) is 0 Å². The zero-order valence-electron chi connectivity index (χ0n) is 13.6. The average Bonchev–Trinajstić information content (AvgIpc) is 2.97. The third kappa shape index (κ3) is 4.74. The third-order valence-corrected chi connectivity index (χ3v) is 3.47. The number of amides is 1. The van der Waals surface area contributed by atoms with Crippen LogP contribution in [0.4, 0.5) is 0 Å². The quantitative estimate of drug-likeness (QED) is 0.794. The molecule has 0 aliphatic heterocycles. The summed E-state index contributed by atoms with van der Waals surface area (Å²) in [4.78, 5) is 28.3. The second-order valence-electron chi connectivity index (χ2n) is 5.76. The lowest BCUT2D eigenvalue weighted by Gasteiger charge is -2.18. The molecule has 0 saturated heterocycles. The Bertz CT molecular complexity index is 665. The normalized spacial score (nSPS) is 12.2. The number of Topliss-reactive ketones (excluding diaryl/α,β-unsaturated/α-hetero) is 1. The Morgan fingerprint density at radius 1 is 1.17 bits per heavy atom. The molecule has 23 heavy (non-hydrogen) atoms. The first-order chi connectivity index (χ1) is 11.0. The minimum absolute atomic E-state index is 0.0459. The van der Waals surface area contributed by atoms with Crippen LogP contribution < -0.4 is 5.32 Å². The predicted octanol–water partition coefficient (Wildman–Crippen LogP) is 2.85. The fourth-order valence-corrected chi connectivity index (χ4v) is 2.19. The van der Waals surface area contributed by atoms with Gasteiger partial charge in [-0.25, -0.2) is 0 Å². The van der Waals surface area contributed by atoms with E-state index >= 15 is 0 Å². The molecule has 1 unspecified atom stereocenters. The SMILES string of the molecule is Cc1noc(C(NC(=O)CCC(=O)c2ccccc2)C(C)C)n1. The van der Waals surface area contributed by atoms with Gasteiger partial charge in [0.25, 0.3) is 0 Å². The van der Waals surface area contributed by atoms with E-state index in [2.05, 4.69) is 15.5 Å². The van der Waals surface area contributed by atoms with Gasteiger partial charge in [0.2, 0.25) is 11.8 Å². The summed E-state index contributed by atoms with van der Waals surface area (Å²) in [6, 6.07) is 8.61. The largest absolute Gasteiger partial charge is 0.344 e. The number of nitrogens with zero attached hydrogens (tertiary/aromatic N) is 2. The Hall–Kier alpha value is -2.50. The van der Waals surface area contributed by atoms with Crippen molar-refractivity contribution in [2.75, 3.05) is 0 Å². The number of carbonyl (C=O) groups excluding carboxylic acids is 2. The molecule has 2 aromatic rings. The molecule has 0 aliphatic carbocycles. The van der Waals surface area contributed by atoms with Gasteiger partial charge in [-0.2, -0.15) is 4.98 Å². The van der Waals surface area contributed by atoms with Gasteiger partial charge in [-0.05, 0) is 12.8 Å². The lowest BCUT2D eigenvalue weighted by molar-refractivity contribution is -0.122. The molecule has 0 fully saturated rings. The van der Waals surface area contributed by atoms with E-state index < -0.39 is 0 Å². The van der Waals surface area contributed by atoms with Gasteiger partial charge in [0.1, 0.15) is 6.04 Å². The summed E-state index contributed by atoms with van der Waals surface area (Å²) in [5.74, 6) is 0.766. The molecule has 1 amide bonds. The van der Waals surface area contributed by atoms with Crippen molar-refractivity contribution >= 4 is 11.7 Å². The number of benzene rings is 1. The summed E-state index contributed by atoms with van der Waals surface area (Å²) in [7, 11) is 0. The van der Waals surface area contributed by atoms with E-state index in [0.717, 1.165) is 0 Å². The molecule has 0 spiro atoms. The van der Waals surface area contributed by atoms with Crippen LogP contribution in [0.5, 0.6) is 0 Å². The number of aromatic nitrogens is 2. The number of hydrogen-bond acceptors (Lipinski definition) is 5. The van der Waals surface area contributed by atoms with Crippen LogP contribution in [0, 0.1) is 12.8 Å². The molecule has 0 bridgehead atoms. The minimum Gasteiger partial charge on any atom is -0.344 e. The molecule has 1 heterocycles. The van der Waals surface area contributed by atoms with Gasteiger partial charge < -0.3 is 9.84 Å². The van der Waals surface area contributed by atoms with Crippen molar-refractivity contribution in [3.8, 4) is 0 Å². The zero-order valence-corrected chi connectivity index (χ0v) is 13.6. The summed E-state index contributed by atoms with van der Waals surface area (Å²) in [6.45, 7) is 5.64. The summed E-state index contributed by atoms with van der Waals surface area (Å²) in [5, 5.41) is 6.62. The van der Waals surface area contributed by atoms with Crippen molar-refractivity contribution < 1.29 is 14.1 Å². The van der Waals surface area contributed by atoms with Crippen molar-refractivity contribution in [1.29, 1.82) is 0 Å². The molecule has 0 radical (unpaired) electrons. The summed E-state index contributed by atoms with van der Waals surface area (Å²) >= 11 is 0. The van der Waals surface area contributed by atoms with Crippen LogP contribution in [0.2, 0.25) is 0 Å². The van der Waals surface area contributed by atoms with Gasteiger partial charge in [0.05, 0.1) is 0 Å². The van der Waals surface area contributed by atoms with E-state index in [-0.39, 0.29) is 36.5 Å². The zero-order chi connectivity index (χ0) is 16.8. The number of carbonyl (C=O) groups is 2. The molecular weight excluding hydrogens is 294 g/mol. The number of ketones is 1. The topological polar surface area (TPSA) is 85.1 Å². The van der Waals surface area contributed by atoms with E-state index in [0.29, 0.717) is 17.3 Å². The highest BCUT2D eigenvalue weighted by molar-refractivity contribution is 5.97. The molecule has 1 aromatic heterocycles. The molecule has 6 heteroatoms. The highest BCUT2D eigenvalue weighted by Crippen LogP contribution is 2.20. The van der Waals surface area contributed by atoms with Crippen molar-refractivity contribution in [2.45, 2.75) is 39.7 Å². The molecule has 0 aliphatic rings. The fraction of sp³-hybridized carbons (Fsp3) is 0.412. The Morgan fingerprint density at radius 3 is 2.43 bits per heavy atom. The van der Waals surface area contributed by atoms with Crippen LogP contribution in [0.1, 0.15) is 54.8 Å². The monoisotopic (exact) mass is 315 g/mol. The minimum atomic E-state index is -0.351. The van der Waals surface area contributed by atoms with Crippen LogP contribution in [0.3, 0.4) is 0 Å². The third-order valence-electron chi connectivity index (χ3n) is 3.47. The smallest absolute Gasteiger partial charge is 0.249 e. The standard InChI is InChI=1S/C17H21N3O3/c1-11(2)16(17-18-12(3)20-23-17)19-15(22)10-9-14(21)13-7-5-4-6-8-13/h4-8,11,16H,9-10H2,1-3H3,(H,19,22). The average molecular weight is 315 g/mol. The second-order valence-corrected chi connectivity index (χ2v) is 5.76. The number of nitrogens with one attached hydrogen (secondary N) is 1. The maximum atomic E-state index is 12.1. The molecule has 122 valence electrons. The van der Waals surface area contributed by atoms with Crippen molar-refractivity contribution in [1.82, 2.24) is 15.5 Å². The van der Waals surface area contributed by atoms with Gasteiger partial charge in [-0.3, -0.25) is 9.59 Å².